The number of hydrogen-bond acceptors (Lipinski definition) is 5. The van der Waals surface area contributed by atoms with Crippen LogP contribution >= 0.6 is 0 Å². The molecule has 0 fully saturated rings. The number of fused-ring (bicyclic) bond motifs is 3. The van der Waals surface area contributed by atoms with Crippen LogP contribution in [0.1, 0.15) is 53.9 Å². The number of carbonyl (C=O) groups is 2. The molecule has 0 bridgehead atoms. The van der Waals surface area contributed by atoms with Crippen LogP contribution in [0.4, 0.5) is 4.79 Å². The highest BCUT2D eigenvalue weighted by molar-refractivity contribution is 5.86. The summed E-state index contributed by atoms with van der Waals surface area (Å²) in [7, 11) is 2.13. The van der Waals surface area contributed by atoms with Crippen molar-refractivity contribution in [3.05, 3.63) is 101 Å². The summed E-state index contributed by atoms with van der Waals surface area (Å²) in [6.07, 6.45) is 3.65. The van der Waals surface area contributed by atoms with Crippen molar-refractivity contribution in [3.63, 3.8) is 0 Å². The number of esters is 1. The SMILES string of the molecule is Cc1ccc2c(c1)c1c(n2CCc2ccc(C)nc2)CC[N+](C)(COC(=O)NC(CC(C)C)C(=O)OCc2ccccc2)C1. The number of quaternary nitrogens is 1. The second kappa shape index (κ2) is 13.6. The molecule has 8 nitrogen and oxygen atoms in total. The minimum atomic E-state index is -0.769. The summed E-state index contributed by atoms with van der Waals surface area (Å²) in [5.74, 6) is -0.259. The number of alkyl carbamates (subject to hydrolysis) is 1. The lowest BCUT2D eigenvalue weighted by atomic mass is 10.0. The second-order valence-electron chi connectivity index (χ2n) is 12.9. The Morgan fingerprint density at radius 2 is 1.82 bits per heavy atom. The number of pyridine rings is 1. The van der Waals surface area contributed by atoms with Gasteiger partial charge in [0.25, 0.3) is 0 Å². The number of nitrogens with one attached hydrogen (secondary N) is 1. The number of rotatable bonds is 11. The highest BCUT2D eigenvalue weighted by Gasteiger charge is 2.34. The molecule has 232 valence electrons. The molecule has 2 aromatic carbocycles. The van der Waals surface area contributed by atoms with E-state index in [1.807, 2.05) is 57.3 Å². The molecule has 0 saturated carbocycles. The van der Waals surface area contributed by atoms with Gasteiger partial charge in [0.15, 0.2) is 0 Å². The van der Waals surface area contributed by atoms with Gasteiger partial charge in [-0.1, -0.05) is 61.9 Å². The number of hydrogen-bond donors (Lipinski definition) is 1. The number of amides is 1. The maximum Gasteiger partial charge on any atom is 0.412 e. The van der Waals surface area contributed by atoms with Crippen molar-refractivity contribution in [1.82, 2.24) is 14.9 Å². The molecule has 5 rings (SSSR count). The van der Waals surface area contributed by atoms with Crippen molar-refractivity contribution in [2.45, 2.75) is 72.7 Å². The van der Waals surface area contributed by atoms with Crippen LogP contribution < -0.4 is 5.32 Å². The van der Waals surface area contributed by atoms with Crippen molar-refractivity contribution < 1.29 is 23.5 Å². The van der Waals surface area contributed by atoms with Crippen molar-refractivity contribution >= 4 is 23.0 Å². The maximum absolute atomic E-state index is 13.0. The minimum Gasteiger partial charge on any atom is -0.459 e. The Hall–Kier alpha value is -4.17. The van der Waals surface area contributed by atoms with Crippen molar-refractivity contribution in [2.75, 3.05) is 20.3 Å². The van der Waals surface area contributed by atoms with E-state index in [-0.39, 0.29) is 19.3 Å². The van der Waals surface area contributed by atoms with E-state index in [9.17, 15) is 9.59 Å². The Balaban J connectivity index is 1.24. The minimum absolute atomic E-state index is 0.164. The van der Waals surface area contributed by atoms with Crippen LogP contribution in [0.3, 0.4) is 0 Å². The van der Waals surface area contributed by atoms with Crippen molar-refractivity contribution in [3.8, 4) is 0 Å². The van der Waals surface area contributed by atoms with Crippen LogP contribution in [0.25, 0.3) is 10.9 Å². The zero-order valence-corrected chi connectivity index (χ0v) is 26.6. The molecular weight excluding hydrogens is 552 g/mol. The van der Waals surface area contributed by atoms with Gasteiger partial charge in [-0.3, -0.25) is 9.47 Å². The van der Waals surface area contributed by atoms with Gasteiger partial charge in [0.2, 0.25) is 6.73 Å². The normalized spacial score (nSPS) is 16.9. The van der Waals surface area contributed by atoms with E-state index < -0.39 is 18.1 Å². The van der Waals surface area contributed by atoms with E-state index in [2.05, 4.69) is 59.2 Å². The van der Waals surface area contributed by atoms with Gasteiger partial charge in [0.05, 0.1) is 13.6 Å². The number of benzene rings is 2. The number of likely N-dealkylation sites (N-methyl/N-ethyl adjacent to an activating group) is 1. The summed E-state index contributed by atoms with van der Waals surface area (Å²) in [6, 6.07) is 19.7. The molecule has 44 heavy (non-hydrogen) atoms. The summed E-state index contributed by atoms with van der Waals surface area (Å²) in [4.78, 5) is 30.4. The summed E-state index contributed by atoms with van der Waals surface area (Å²) < 4.78 is 14.4. The van der Waals surface area contributed by atoms with Gasteiger partial charge in [-0.25, -0.2) is 9.59 Å². The van der Waals surface area contributed by atoms with E-state index in [0.29, 0.717) is 10.9 Å². The van der Waals surface area contributed by atoms with Gasteiger partial charge in [-0.15, -0.1) is 0 Å². The monoisotopic (exact) mass is 597 g/mol. The lowest BCUT2D eigenvalue weighted by molar-refractivity contribution is -0.940. The predicted octanol–water partition coefficient (Wildman–Crippen LogP) is 6.24. The largest absolute Gasteiger partial charge is 0.459 e. The van der Waals surface area contributed by atoms with E-state index in [1.54, 1.807) is 0 Å². The Morgan fingerprint density at radius 3 is 2.55 bits per heavy atom. The fourth-order valence-corrected chi connectivity index (χ4v) is 6.06. The lowest BCUT2D eigenvalue weighted by Gasteiger charge is -2.37. The third-order valence-electron chi connectivity index (χ3n) is 8.48. The Morgan fingerprint density at radius 1 is 1.02 bits per heavy atom. The molecule has 1 aliphatic heterocycles. The molecule has 2 unspecified atom stereocenters. The molecule has 1 amide bonds. The first-order chi connectivity index (χ1) is 21.1. The zero-order chi connectivity index (χ0) is 31.3. The van der Waals surface area contributed by atoms with Crippen LogP contribution in [0, 0.1) is 19.8 Å². The third kappa shape index (κ3) is 7.66. The molecule has 0 saturated heterocycles. The van der Waals surface area contributed by atoms with Crippen LogP contribution in [0.2, 0.25) is 0 Å². The Kier molecular flexibility index (Phi) is 9.69. The highest BCUT2D eigenvalue weighted by Crippen LogP contribution is 2.34. The topological polar surface area (TPSA) is 82.5 Å². The fraction of sp³-hybridized carbons (Fsp3) is 0.417. The quantitative estimate of drug-likeness (QED) is 0.164. The van der Waals surface area contributed by atoms with Crippen LogP contribution in [-0.4, -0.2) is 52.5 Å². The Bertz CT molecular complexity index is 1600. The molecule has 4 aromatic rings. The number of carbonyl (C=O) groups excluding carboxylic acids is 2. The average molecular weight is 598 g/mol. The standard InChI is InChI=1S/C36H44N4O4/c1-25(2)19-32(35(41)43-23-29-9-7-6-8-10-29)38-36(42)44-24-40(5)18-16-34-31(22-40)30-20-26(3)11-14-33(30)39(34)17-15-28-13-12-27(4)37-21-28/h6-14,20-21,25,32H,15-19,22-24H2,1-5H3/p+1. The van der Waals surface area contributed by atoms with Gasteiger partial charge in [0, 0.05) is 47.0 Å². The van der Waals surface area contributed by atoms with Gasteiger partial charge in [-0.05, 0) is 61.9 Å². The van der Waals surface area contributed by atoms with Crippen LogP contribution in [0.15, 0.2) is 66.9 Å². The van der Waals surface area contributed by atoms with Gasteiger partial charge in [0.1, 0.15) is 19.2 Å². The van der Waals surface area contributed by atoms with Crippen LogP contribution in [-0.2, 0) is 46.8 Å². The van der Waals surface area contributed by atoms with Gasteiger partial charge < -0.3 is 19.4 Å². The Labute approximate surface area is 260 Å². The molecule has 0 spiro atoms. The molecule has 2 atom stereocenters. The second-order valence-corrected chi connectivity index (χ2v) is 12.9. The number of aromatic nitrogens is 2. The summed E-state index contributed by atoms with van der Waals surface area (Å²) in [6.45, 7) is 11.0. The third-order valence-corrected chi connectivity index (χ3v) is 8.48. The lowest BCUT2D eigenvalue weighted by Crippen LogP contribution is -2.51. The molecule has 1 aliphatic rings. The van der Waals surface area contributed by atoms with E-state index in [0.717, 1.165) is 43.7 Å². The first-order valence-electron chi connectivity index (χ1n) is 15.6. The summed E-state index contributed by atoms with van der Waals surface area (Å²) in [5.41, 5.74) is 8.32. The summed E-state index contributed by atoms with van der Waals surface area (Å²) >= 11 is 0. The first kappa shape index (κ1) is 31.3. The number of nitrogens with zero attached hydrogens (tertiary/aromatic N) is 3. The molecule has 3 heterocycles. The van der Waals surface area contributed by atoms with Crippen LogP contribution in [0.5, 0.6) is 0 Å². The summed E-state index contributed by atoms with van der Waals surface area (Å²) in [5, 5.41) is 4.05. The molecule has 0 aliphatic carbocycles. The van der Waals surface area contributed by atoms with Crippen molar-refractivity contribution in [2.24, 2.45) is 5.92 Å². The van der Waals surface area contributed by atoms with E-state index >= 15 is 0 Å². The van der Waals surface area contributed by atoms with E-state index in [4.69, 9.17) is 9.47 Å². The first-order valence-corrected chi connectivity index (χ1v) is 15.6. The predicted molar refractivity (Wildman–Crippen MR) is 172 cm³/mol. The van der Waals surface area contributed by atoms with Gasteiger partial charge in [-0.2, -0.15) is 0 Å². The molecule has 0 radical (unpaired) electrons. The smallest absolute Gasteiger partial charge is 0.412 e. The zero-order valence-electron chi connectivity index (χ0n) is 26.6. The molecule has 2 aromatic heterocycles. The molecule has 1 N–H and O–H groups in total. The van der Waals surface area contributed by atoms with Crippen molar-refractivity contribution in [1.29, 1.82) is 0 Å². The maximum atomic E-state index is 13.0. The fourth-order valence-electron chi connectivity index (χ4n) is 6.06. The van der Waals surface area contributed by atoms with E-state index in [1.165, 1.54) is 33.3 Å². The number of ether oxygens (including phenoxy) is 2. The molecular formula is C36H45N4O4+. The van der Waals surface area contributed by atoms with Gasteiger partial charge >= 0.3 is 12.1 Å². The highest BCUT2D eigenvalue weighted by atomic mass is 16.6. The molecule has 8 heteroatoms. The average Bonchev–Trinajstić information content (AvgIpc) is 3.30. The number of aryl methyl sites for hydroxylation is 4.